The van der Waals surface area contributed by atoms with Gasteiger partial charge in [0.05, 0.1) is 6.07 Å². The highest BCUT2D eigenvalue weighted by Gasteiger charge is 2.33. The Balaban J connectivity index is 4.14. The first-order valence-electron chi connectivity index (χ1n) is 3.69. The smallest absolute Gasteiger partial charge is 0.246 e. The number of rotatable bonds is 4. The summed E-state index contributed by atoms with van der Waals surface area (Å²) in [6.07, 6.45) is 2.02. The third kappa shape index (κ3) is 2.58. The van der Waals surface area contributed by atoms with Gasteiger partial charge in [0.25, 0.3) is 0 Å². The molecule has 0 saturated carbocycles. The van der Waals surface area contributed by atoms with E-state index >= 15 is 0 Å². The minimum Gasteiger partial charge on any atom is -0.246 e. The second-order valence-corrected chi connectivity index (χ2v) is 2.83. The molecule has 0 aromatic carbocycles. The first-order valence-corrected chi connectivity index (χ1v) is 3.69. The molecule has 0 saturated heterocycles. The van der Waals surface area contributed by atoms with Crippen molar-refractivity contribution < 1.29 is 9.90 Å². The van der Waals surface area contributed by atoms with E-state index in [-0.39, 0.29) is 0 Å². The summed E-state index contributed by atoms with van der Waals surface area (Å²) in [6, 6.07) is 1.75. The minimum atomic E-state index is -1.30. The molecular weight excluding hydrogens is 142 g/mol. The highest BCUT2D eigenvalue weighted by atomic mass is 16.4. The molecule has 0 aromatic heterocycles. The maximum atomic E-state index is 10.4. The van der Waals surface area contributed by atoms with E-state index in [9.17, 15) is 9.90 Å². The van der Waals surface area contributed by atoms with Crippen molar-refractivity contribution in [2.24, 2.45) is 5.41 Å². The standard InChI is InChI=1S/C8H12NO2/c1-3-4-5-8(2,6-9)7(10)11/h3-5H2,1-2H3. The van der Waals surface area contributed by atoms with Crippen molar-refractivity contribution in [2.45, 2.75) is 33.1 Å². The zero-order valence-electron chi connectivity index (χ0n) is 6.89. The molecule has 3 nitrogen and oxygen atoms in total. The molecule has 1 radical (unpaired) electrons. The van der Waals surface area contributed by atoms with Crippen LogP contribution in [0.2, 0.25) is 0 Å². The normalized spacial score (nSPS) is 15.0. The number of hydrogen-bond donors (Lipinski definition) is 0. The highest BCUT2D eigenvalue weighted by Crippen LogP contribution is 2.23. The fourth-order valence-corrected chi connectivity index (χ4v) is 0.734. The molecule has 0 aliphatic heterocycles. The van der Waals surface area contributed by atoms with Gasteiger partial charge in [-0.1, -0.05) is 19.8 Å². The Hall–Kier alpha value is -1.04. The number of nitriles is 1. The van der Waals surface area contributed by atoms with Crippen molar-refractivity contribution in [2.75, 3.05) is 0 Å². The molecule has 1 unspecified atom stereocenters. The molecule has 0 spiro atoms. The minimum absolute atomic E-state index is 0.377. The molecule has 61 valence electrons. The topological polar surface area (TPSA) is 60.8 Å². The predicted octanol–water partition coefficient (Wildman–Crippen LogP) is 1.66. The molecule has 0 aliphatic carbocycles. The fourth-order valence-electron chi connectivity index (χ4n) is 0.734. The largest absolute Gasteiger partial charge is 0.375 e. The van der Waals surface area contributed by atoms with Crippen LogP contribution in [0, 0.1) is 16.7 Å². The molecular formula is C8H12NO2. The van der Waals surface area contributed by atoms with Gasteiger partial charge in [0.15, 0.2) is 5.41 Å². The monoisotopic (exact) mass is 154 g/mol. The van der Waals surface area contributed by atoms with E-state index in [0.717, 1.165) is 12.8 Å². The van der Waals surface area contributed by atoms with Crippen LogP contribution in [0.25, 0.3) is 0 Å². The lowest BCUT2D eigenvalue weighted by Gasteiger charge is -2.12. The number of nitrogens with zero attached hydrogens (tertiary/aromatic N) is 1. The average Bonchev–Trinajstić information content (AvgIpc) is 2.00. The van der Waals surface area contributed by atoms with E-state index in [1.165, 1.54) is 6.92 Å². The Morgan fingerprint density at radius 2 is 2.18 bits per heavy atom. The zero-order valence-corrected chi connectivity index (χ0v) is 6.89. The molecule has 0 aliphatic rings. The quantitative estimate of drug-likeness (QED) is 0.618. The lowest BCUT2D eigenvalue weighted by atomic mass is 9.87. The van der Waals surface area contributed by atoms with Gasteiger partial charge >= 0.3 is 5.97 Å². The summed E-state index contributed by atoms with van der Waals surface area (Å²) in [5.74, 6) is -1.27. The van der Waals surface area contributed by atoms with Crippen LogP contribution in [0.5, 0.6) is 0 Å². The fraction of sp³-hybridized carbons (Fsp3) is 0.750. The zero-order chi connectivity index (χ0) is 8.91. The van der Waals surface area contributed by atoms with Crippen molar-refractivity contribution in [3.63, 3.8) is 0 Å². The van der Waals surface area contributed by atoms with Gasteiger partial charge in [-0.05, 0) is 13.3 Å². The van der Waals surface area contributed by atoms with Gasteiger partial charge in [-0.25, -0.2) is 9.90 Å². The highest BCUT2D eigenvalue weighted by molar-refractivity contribution is 5.76. The van der Waals surface area contributed by atoms with E-state index in [4.69, 9.17) is 5.26 Å². The summed E-state index contributed by atoms with van der Waals surface area (Å²) < 4.78 is 0. The van der Waals surface area contributed by atoms with Crippen molar-refractivity contribution in [3.8, 4) is 6.07 Å². The van der Waals surface area contributed by atoms with Crippen LogP contribution < -0.4 is 0 Å². The Bertz CT molecular complexity index is 183. The summed E-state index contributed by atoms with van der Waals surface area (Å²) in [7, 11) is 0. The maximum Gasteiger partial charge on any atom is 0.375 e. The first-order chi connectivity index (χ1) is 5.06. The van der Waals surface area contributed by atoms with Crippen LogP contribution in [0.3, 0.4) is 0 Å². The van der Waals surface area contributed by atoms with Crippen molar-refractivity contribution in [1.29, 1.82) is 5.26 Å². The molecule has 11 heavy (non-hydrogen) atoms. The third-order valence-electron chi connectivity index (χ3n) is 1.73. The maximum absolute atomic E-state index is 10.4. The Labute approximate surface area is 66.6 Å². The van der Waals surface area contributed by atoms with Gasteiger partial charge in [0.1, 0.15) is 0 Å². The van der Waals surface area contributed by atoms with Crippen molar-refractivity contribution in [3.05, 3.63) is 0 Å². The van der Waals surface area contributed by atoms with Gasteiger partial charge in [-0.3, -0.25) is 0 Å². The molecule has 0 N–H and O–H groups in total. The summed E-state index contributed by atoms with van der Waals surface area (Å²) in [6.45, 7) is 3.35. The summed E-state index contributed by atoms with van der Waals surface area (Å²) in [4.78, 5) is 10.4. The Morgan fingerprint density at radius 1 is 1.64 bits per heavy atom. The summed E-state index contributed by atoms with van der Waals surface area (Å²) in [5, 5.41) is 18.9. The van der Waals surface area contributed by atoms with Crippen LogP contribution >= 0.6 is 0 Å². The Kier molecular flexibility index (Phi) is 3.59. The first kappa shape index (κ1) is 9.96. The van der Waals surface area contributed by atoms with E-state index in [2.05, 4.69) is 0 Å². The van der Waals surface area contributed by atoms with Gasteiger partial charge < -0.3 is 0 Å². The van der Waals surface area contributed by atoms with E-state index < -0.39 is 11.4 Å². The SMILES string of the molecule is CCCCC(C)(C#N)C([O])=O. The molecule has 0 heterocycles. The van der Waals surface area contributed by atoms with Crippen LogP contribution in [0.4, 0.5) is 0 Å². The third-order valence-corrected chi connectivity index (χ3v) is 1.73. The van der Waals surface area contributed by atoms with Crippen LogP contribution in [0.1, 0.15) is 33.1 Å². The van der Waals surface area contributed by atoms with Gasteiger partial charge in [-0.2, -0.15) is 5.26 Å². The summed E-state index contributed by atoms with van der Waals surface area (Å²) >= 11 is 0. The van der Waals surface area contributed by atoms with Crippen LogP contribution in [-0.2, 0) is 9.90 Å². The van der Waals surface area contributed by atoms with Gasteiger partial charge in [0, 0.05) is 0 Å². The molecule has 0 bridgehead atoms. The van der Waals surface area contributed by atoms with E-state index in [1.54, 1.807) is 6.07 Å². The number of carbonyl (C=O) groups excluding carboxylic acids is 1. The number of hydrogen-bond acceptors (Lipinski definition) is 2. The predicted molar refractivity (Wildman–Crippen MR) is 38.9 cm³/mol. The van der Waals surface area contributed by atoms with E-state index in [1.807, 2.05) is 6.92 Å². The van der Waals surface area contributed by atoms with Crippen molar-refractivity contribution >= 4 is 5.97 Å². The average molecular weight is 154 g/mol. The van der Waals surface area contributed by atoms with Crippen LogP contribution in [0.15, 0.2) is 0 Å². The van der Waals surface area contributed by atoms with Crippen LogP contribution in [-0.4, -0.2) is 5.97 Å². The Morgan fingerprint density at radius 3 is 2.45 bits per heavy atom. The second-order valence-electron chi connectivity index (χ2n) is 2.83. The molecule has 0 rings (SSSR count). The van der Waals surface area contributed by atoms with Gasteiger partial charge in [-0.15, -0.1) is 0 Å². The second kappa shape index (κ2) is 3.97. The number of unbranched alkanes of at least 4 members (excludes halogenated alkanes) is 1. The van der Waals surface area contributed by atoms with E-state index in [0.29, 0.717) is 6.42 Å². The summed E-state index contributed by atoms with van der Waals surface area (Å²) in [5.41, 5.74) is -1.30. The van der Waals surface area contributed by atoms with Crippen molar-refractivity contribution in [1.82, 2.24) is 0 Å². The lowest BCUT2D eigenvalue weighted by molar-refractivity contribution is -0.151. The molecule has 3 heteroatoms. The molecule has 0 fully saturated rings. The van der Waals surface area contributed by atoms with Gasteiger partial charge in [0.2, 0.25) is 0 Å². The molecule has 0 aromatic rings. The molecule has 0 amide bonds. The number of carbonyl (C=O) groups is 1. The molecule has 1 atom stereocenters. The lowest BCUT2D eigenvalue weighted by Crippen LogP contribution is -2.24.